The van der Waals surface area contributed by atoms with E-state index < -0.39 is 0 Å². The molecule has 0 radical (unpaired) electrons. The highest BCUT2D eigenvalue weighted by Crippen LogP contribution is 2.30. The molecular weight excluding hydrogens is 448 g/mol. The third-order valence-corrected chi connectivity index (χ3v) is 6.14. The zero-order valence-corrected chi connectivity index (χ0v) is 19.4. The van der Waals surface area contributed by atoms with Crippen LogP contribution in [-0.2, 0) is 12.3 Å². The number of hydrogen-bond donors (Lipinski definition) is 0. The van der Waals surface area contributed by atoms with Crippen LogP contribution in [0.4, 0.5) is 0 Å². The highest BCUT2D eigenvalue weighted by molar-refractivity contribution is 7.98. The second-order valence-corrected chi connectivity index (χ2v) is 8.47. The summed E-state index contributed by atoms with van der Waals surface area (Å²) in [7, 11) is 0. The molecule has 2 heterocycles. The lowest BCUT2D eigenvalue weighted by Gasteiger charge is -2.09. The van der Waals surface area contributed by atoms with E-state index in [1.807, 2.05) is 79.7 Å². The van der Waals surface area contributed by atoms with E-state index in [-0.39, 0.29) is 11.4 Å². The molecule has 0 saturated heterocycles. The van der Waals surface area contributed by atoms with E-state index in [9.17, 15) is 4.79 Å². The summed E-state index contributed by atoms with van der Waals surface area (Å²) in [5, 5.41) is 14.7. The van der Waals surface area contributed by atoms with E-state index in [0.717, 1.165) is 16.9 Å². The summed E-state index contributed by atoms with van der Waals surface area (Å²) in [6.07, 6.45) is 0. The van der Waals surface area contributed by atoms with Gasteiger partial charge >= 0.3 is 0 Å². The summed E-state index contributed by atoms with van der Waals surface area (Å²) in [6.45, 7) is 2.91. The van der Waals surface area contributed by atoms with Gasteiger partial charge in [-0.15, -0.1) is 10.2 Å². The molecule has 0 atom stereocenters. The van der Waals surface area contributed by atoms with Crippen LogP contribution in [0.25, 0.3) is 22.4 Å². The van der Waals surface area contributed by atoms with Crippen molar-refractivity contribution in [2.45, 2.75) is 24.4 Å². The number of aromatic nitrogens is 4. The van der Waals surface area contributed by atoms with Crippen LogP contribution in [-0.4, -0.2) is 26.6 Å². The van der Waals surface area contributed by atoms with Gasteiger partial charge in [0.25, 0.3) is 16.7 Å². The summed E-state index contributed by atoms with van der Waals surface area (Å²) < 4.78 is 13.1. The zero-order chi connectivity index (χ0) is 23.3. The predicted molar refractivity (Wildman–Crippen MR) is 132 cm³/mol. The number of benzene rings is 3. The maximum atomic E-state index is 13.1. The minimum absolute atomic E-state index is 0.162. The van der Waals surface area contributed by atoms with E-state index in [2.05, 4.69) is 15.3 Å². The van der Waals surface area contributed by atoms with Crippen molar-refractivity contribution in [1.82, 2.24) is 20.0 Å². The Labute approximate surface area is 200 Å². The van der Waals surface area contributed by atoms with Gasteiger partial charge < -0.3 is 9.15 Å². The minimum Gasteiger partial charge on any atom is -0.494 e. The zero-order valence-electron chi connectivity index (χ0n) is 18.5. The first-order valence-corrected chi connectivity index (χ1v) is 11.9. The molecule has 8 heteroatoms. The molecule has 0 aliphatic heterocycles. The van der Waals surface area contributed by atoms with Crippen LogP contribution < -0.4 is 10.3 Å². The molecule has 0 spiro atoms. The van der Waals surface area contributed by atoms with Crippen molar-refractivity contribution in [1.29, 1.82) is 0 Å². The maximum Gasteiger partial charge on any atom is 0.277 e. The van der Waals surface area contributed by atoms with Gasteiger partial charge in [0.1, 0.15) is 5.75 Å². The predicted octanol–water partition coefficient (Wildman–Crippen LogP) is 5.19. The van der Waals surface area contributed by atoms with Crippen LogP contribution in [0.15, 0.2) is 93.3 Å². The van der Waals surface area contributed by atoms with Crippen molar-refractivity contribution in [2.24, 2.45) is 0 Å². The first kappa shape index (κ1) is 21.9. The number of rotatable bonds is 8. The van der Waals surface area contributed by atoms with Crippen LogP contribution in [0.3, 0.4) is 0 Å². The Morgan fingerprint density at radius 2 is 1.65 bits per heavy atom. The van der Waals surface area contributed by atoms with Gasteiger partial charge in [-0.05, 0) is 24.6 Å². The van der Waals surface area contributed by atoms with E-state index in [4.69, 9.17) is 9.15 Å². The van der Waals surface area contributed by atoms with Gasteiger partial charge in [-0.1, -0.05) is 78.5 Å². The number of para-hydroxylation sites is 1. The molecule has 3 aromatic carbocycles. The van der Waals surface area contributed by atoms with Crippen molar-refractivity contribution in [2.75, 3.05) is 6.61 Å². The molecule has 0 N–H and O–H groups in total. The third kappa shape index (κ3) is 4.58. The first-order valence-electron chi connectivity index (χ1n) is 10.9. The summed E-state index contributed by atoms with van der Waals surface area (Å²) in [5.41, 5.74) is 2.35. The van der Waals surface area contributed by atoms with Crippen LogP contribution in [0.5, 0.6) is 5.75 Å². The lowest BCUT2D eigenvalue weighted by atomic mass is 10.1. The monoisotopic (exact) mass is 470 g/mol. The van der Waals surface area contributed by atoms with Crippen molar-refractivity contribution < 1.29 is 9.15 Å². The van der Waals surface area contributed by atoms with Gasteiger partial charge in [0.2, 0.25) is 0 Å². The normalized spacial score (nSPS) is 11.1. The highest BCUT2D eigenvalue weighted by atomic mass is 32.2. The van der Waals surface area contributed by atoms with Crippen molar-refractivity contribution in [3.8, 4) is 17.3 Å². The molecule has 7 nitrogen and oxygen atoms in total. The molecule has 0 unspecified atom stereocenters. The fraction of sp³-hybridized carbons (Fsp3) is 0.154. The van der Waals surface area contributed by atoms with Crippen LogP contribution >= 0.6 is 11.8 Å². The number of ether oxygens (including phenoxy) is 1. The summed E-state index contributed by atoms with van der Waals surface area (Å²) >= 11 is 1.43. The van der Waals surface area contributed by atoms with Gasteiger partial charge in [-0.2, -0.15) is 5.10 Å². The number of nitrogens with zero attached hydrogens (tertiary/aromatic N) is 4. The average Bonchev–Trinajstić information content (AvgIpc) is 3.35. The van der Waals surface area contributed by atoms with Crippen molar-refractivity contribution in [3.05, 3.63) is 100 Å². The van der Waals surface area contributed by atoms with Gasteiger partial charge in [-0.3, -0.25) is 4.79 Å². The smallest absolute Gasteiger partial charge is 0.277 e. The molecular formula is C26H22N4O3S. The number of hydrogen-bond acceptors (Lipinski definition) is 7. The van der Waals surface area contributed by atoms with Crippen LogP contribution in [0.1, 0.15) is 18.1 Å². The van der Waals surface area contributed by atoms with Gasteiger partial charge in [0.05, 0.1) is 18.5 Å². The van der Waals surface area contributed by atoms with E-state index in [1.54, 1.807) is 6.07 Å². The summed E-state index contributed by atoms with van der Waals surface area (Å²) in [4.78, 5) is 13.1. The summed E-state index contributed by atoms with van der Waals surface area (Å²) in [5.74, 6) is 1.75. The summed E-state index contributed by atoms with van der Waals surface area (Å²) in [6, 6.07) is 25.0. The fourth-order valence-electron chi connectivity index (χ4n) is 3.68. The quantitative estimate of drug-likeness (QED) is 0.289. The van der Waals surface area contributed by atoms with E-state index >= 15 is 0 Å². The second-order valence-electron chi connectivity index (χ2n) is 7.55. The molecule has 0 fully saturated rings. The average molecular weight is 471 g/mol. The first-order chi connectivity index (χ1) is 16.7. The molecule has 0 aliphatic carbocycles. The lowest BCUT2D eigenvalue weighted by Crippen LogP contribution is -2.24. The molecule has 34 heavy (non-hydrogen) atoms. The minimum atomic E-state index is -0.162. The largest absolute Gasteiger partial charge is 0.494 e. The molecule has 0 bridgehead atoms. The Morgan fingerprint density at radius 1 is 0.912 bits per heavy atom. The standard InChI is InChI=1S/C26H22N4O3S/c1-2-32-22-15-9-6-12-19(22)17-34-26-28-27-24(33-26)23-20-13-7-8-14-21(20)25(31)30(29-23)16-18-10-4-3-5-11-18/h3-15H,2,16-17H2,1H3. The Hall–Kier alpha value is -3.91. The molecule has 5 rings (SSSR count). The van der Waals surface area contributed by atoms with Crippen LogP contribution in [0, 0.1) is 0 Å². The number of fused-ring (bicyclic) bond motifs is 1. The Bertz CT molecular complexity index is 1480. The molecule has 170 valence electrons. The molecule has 0 aliphatic rings. The molecule has 0 saturated carbocycles. The topological polar surface area (TPSA) is 83.0 Å². The van der Waals surface area contributed by atoms with E-state index in [1.165, 1.54) is 16.4 Å². The second kappa shape index (κ2) is 9.93. The third-order valence-electron chi connectivity index (χ3n) is 5.28. The SMILES string of the molecule is CCOc1ccccc1CSc1nnc(-c2nn(Cc3ccccc3)c(=O)c3ccccc23)o1. The number of thioether (sulfide) groups is 1. The van der Waals surface area contributed by atoms with Crippen molar-refractivity contribution >= 4 is 22.5 Å². The molecule has 5 aromatic rings. The van der Waals surface area contributed by atoms with Gasteiger partial charge in [-0.25, -0.2) is 4.68 Å². The molecule has 2 aromatic heterocycles. The van der Waals surface area contributed by atoms with Gasteiger partial charge in [0.15, 0.2) is 5.69 Å². The Morgan fingerprint density at radius 3 is 2.47 bits per heavy atom. The van der Waals surface area contributed by atoms with Crippen LogP contribution in [0.2, 0.25) is 0 Å². The van der Waals surface area contributed by atoms with Crippen molar-refractivity contribution in [3.63, 3.8) is 0 Å². The highest BCUT2D eigenvalue weighted by Gasteiger charge is 2.18. The molecule has 0 amide bonds. The maximum absolute atomic E-state index is 13.1. The Balaban J connectivity index is 1.47. The lowest BCUT2D eigenvalue weighted by molar-refractivity contribution is 0.337. The Kier molecular flexibility index (Phi) is 6.40. The van der Waals surface area contributed by atoms with E-state index in [0.29, 0.717) is 40.6 Å². The van der Waals surface area contributed by atoms with Gasteiger partial charge in [0, 0.05) is 16.7 Å². The fourth-order valence-corrected chi connectivity index (χ4v) is 4.43.